The number of nitrogen functional groups attached to an aromatic ring is 1. The number of fused-ring (bicyclic) bond motifs is 1. The lowest BCUT2D eigenvalue weighted by Gasteiger charge is -2.05. The maximum absolute atomic E-state index is 5.54. The average molecular weight is 231 g/mol. The summed E-state index contributed by atoms with van der Waals surface area (Å²) in [7, 11) is 0. The van der Waals surface area contributed by atoms with E-state index in [-0.39, 0.29) is 0 Å². The Morgan fingerprint density at radius 1 is 1.47 bits per heavy atom. The zero-order chi connectivity index (χ0) is 11.8. The van der Waals surface area contributed by atoms with Crippen LogP contribution in [0.1, 0.15) is 43.5 Å². The van der Waals surface area contributed by atoms with Crippen LogP contribution in [0.15, 0.2) is 12.1 Å². The van der Waals surface area contributed by atoms with Crippen molar-refractivity contribution < 1.29 is 0 Å². The molecule has 0 bridgehead atoms. The summed E-state index contributed by atoms with van der Waals surface area (Å²) in [4.78, 5) is 4.61. The van der Waals surface area contributed by atoms with Crippen molar-refractivity contribution in [2.75, 3.05) is 5.43 Å². The standard InChI is InChI=1S/C12H17N5/c1-2-3-9-6-12(15-13)17-11(14-9)7-10(16-17)8-4-5-8/h6-8,15H,2-5,13H2,1H3. The molecule has 0 spiro atoms. The van der Waals surface area contributed by atoms with Crippen LogP contribution in [0.2, 0.25) is 0 Å². The van der Waals surface area contributed by atoms with Crippen molar-refractivity contribution in [3.05, 3.63) is 23.5 Å². The third kappa shape index (κ3) is 1.86. The molecule has 5 heteroatoms. The fourth-order valence-corrected chi connectivity index (χ4v) is 2.11. The summed E-state index contributed by atoms with van der Waals surface area (Å²) in [5.74, 6) is 6.99. The normalized spacial score (nSPS) is 15.4. The number of anilines is 1. The smallest absolute Gasteiger partial charge is 0.157 e. The van der Waals surface area contributed by atoms with Crippen LogP contribution >= 0.6 is 0 Å². The molecule has 5 nitrogen and oxygen atoms in total. The van der Waals surface area contributed by atoms with Gasteiger partial charge in [0.25, 0.3) is 0 Å². The van der Waals surface area contributed by atoms with Crippen LogP contribution in [0.5, 0.6) is 0 Å². The quantitative estimate of drug-likeness (QED) is 0.622. The maximum atomic E-state index is 5.54. The highest BCUT2D eigenvalue weighted by atomic mass is 15.4. The van der Waals surface area contributed by atoms with Gasteiger partial charge in [0.2, 0.25) is 0 Å². The van der Waals surface area contributed by atoms with Crippen molar-refractivity contribution in [2.45, 2.75) is 38.5 Å². The Morgan fingerprint density at radius 2 is 2.29 bits per heavy atom. The monoisotopic (exact) mass is 231 g/mol. The SMILES string of the molecule is CCCc1cc(NN)n2nc(C3CC3)cc2n1. The molecule has 17 heavy (non-hydrogen) atoms. The molecule has 3 rings (SSSR count). The number of aromatic nitrogens is 3. The topological polar surface area (TPSA) is 68.2 Å². The van der Waals surface area contributed by atoms with Gasteiger partial charge in [0.15, 0.2) is 5.65 Å². The van der Waals surface area contributed by atoms with Gasteiger partial charge in [-0.3, -0.25) is 0 Å². The van der Waals surface area contributed by atoms with Crippen molar-refractivity contribution in [3.8, 4) is 0 Å². The number of nitrogens with one attached hydrogen (secondary N) is 1. The number of hydrogen-bond acceptors (Lipinski definition) is 4. The lowest BCUT2D eigenvalue weighted by Crippen LogP contribution is -2.13. The van der Waals surface area contributed by atoms with Gasteiger partial charge in [0, 0.05) is 23.7 Å². The number of hydrazine groups is 1. The summed E-state index contributed by atoms with van der Waals surface area (Å²) in [6, 6.07) is 4.05. The molecule has 1 saturated carbocycles. The van der Waals surface area contributed by atoms with Crippen LogP contribution in [0.3, 0.4) is 0 Å². The highest BCUT2D eigenvalue weighted by molar-refractivity contribution is 5.50. The lowest BCUT2D eigenvalue weighted by molar-refractivity contribution is 0.845. The second-order valence-corrected chi connectivity index (χ2v) is 4.64. The molecule has 2 heterocycles. The van der Waals surface area contributed by atoms with E-state index in [9.17, 15) is 0 Å². The van der Waals surface area contributed by atoms with Crippen LogP contribution < -0.4 is 11.3 Å². The highest BCUT2D eigenvalue weighted by Crippen LogP contribution is 2.39. The number of nitrogens with two attached hydrogens (primary N) is 1. The zero-order valence-corrected chi connectivity index (χ0v) is 9.98. The summed E-state index contributed by atoms with van der Waals surface area (Å²) in [5.41, 5.74) is 5.80. The van der Waals surface area contributed by atoms with Crippen molar-refractivity contribution in [1.29, 1.82) is 0 Å². The summed E-state index contributed by atoms with van der Waals surface area (Å²) >= 11 is 0. The largest absolute Gasteiger partial charge is 0.308 e. The highest BCUT2D eigenvalue weighted by Gasteiger charge is 2.27. The first-order chi connectivity index (χ1) is 8.31. The Kier molecular flexibility index (Phi) is 2.48. The van der Waals surface area contributed by atoms with Crippen molar-refractivity contribution in [3.63, 3.8) is 0 Å². The molecule has 1 fully saturated rings. The third-order valence-corrected chi connectivity index (χ3v) is 3.15. The molecule has 3 N–H and O–H groups in total. The number of hydrogen-bond donors (Lipinski definition) is 2. The summed E-state index contributed by atoms with van der Waals surface area (Å²) in [5, 5.41) is 4.56. The first-order valence-electron chi connectivity index (χ1n) is 6.18. The second kappa shape index (κ2) is 4.00. The van der Waals surface area contributed by atoms with E-state index in [1.54, 1.807) is 4.52 Å². The van der Waals surface area contributed by atoms with Crippen LogP contribution in [0, 0.1) is 0 Å². The predicted molar refractivity (Wildman–Crippen MR) is 66.8 cm³/mol. The average Bonchev–Trinajstić information content (AvgIpc) is 3.09. The first kappa shape index (κ1) is 10.5. The van der Waals surface area contributed by atoms with Gasteiger partial charge < -0.3 is 5.43 Å². The summed E-state index contributed by atoms with van der Waals surface area (Å²) in [6.07, 6.45) is 4.54. The Balaban J connectivity index is 2.11. The Morgan fingerprint density at radius 3 is 2.94 bits per heavy atom. The van der Waals surface area contributed by atoms with Crippen molar-refractivity contribution in [2.24, 2.45) is 5.84 Å². The Bertz CT molecular complexity index is 541. The molecule has 0 radical (unpaired) electrons. The second-order valence-electron chi connectivity index (χ2n) is 4.64. The minimum absolute atomic E-state index is 0.636. The van der Waals surface area contributed by atoms with E-state index in [1.807, 2.05) is 6.07 Å². The van der Waals surface area contributed by atoms with Gasteiger partial charge >= 0.3 is 0 Å². The van der Waals surface area contributed by atoms with E-state index in [1.165, 1.54) is 12.8 Å². The van der Waals surface area contributed by atoms with E-state index in [0.29, 0.717) is 5.92 Å². The Hall–Kier alpha value is -1.62. The van der Waals surface area contributed by atoms with Gasteiger partial charge in [-0.1, -0.05) is 13.3 Å². The van der Waals surface area contributed by atoms with Crippen LogP contribution in [-0.4, -0.2) is 14.6 Å². The van der Waals surface area contributed by atoms with Crippen molar-refractivity contribution >= 4 is 11.5 Å². The summed E-state index contributed by atoms with van der Waals surface area (Å²) in [6.45, 7) is 2.15. The molecule has 1 aliphatic rings. The van der Waals surface area contributed by atoms with Crippen LogP contribution in [-0.2, 0) is 6.42 Å². The molecular formula is C12H17N5. The molecule has 1 aliphatic carbocycles. The molecule has 0 atom stereocenters. The molecule has 2 aromatic rings. The molecule has 0 unspecified atom stereocenters. The maximum Gasteiger partial charge on any atom is 0.157 e. The molecule has 90 valence electrons. The predicted octanol–water partition coefficient (Wildman–Crippen LogP) is 1.84. The molecule has 0 aliphatic heterocycles. The lowest BCUT2D eigenvalue weighted by atomic mass is 10.2. The molecule has 0 saturated heterocycles. The van der Waals surface area contributed by atoms with E-state index >= 15 is 0 Å². The zero-order valence-electron chi connectivity index (χ0n) is 9.98. The van der Waals surface area contributed by atoms with Gasteiger partial charge in [-0.2, -0.15) is 9.61 Å². The molecule has 2 aromatic heterocycles. The molecular weight excluding hydrogens is 214 g/mol. The fraction of sp³-hybridized carbons (Fsp3) is 0.500. The van der Waals surface area contributed by atoms with Gasteiger partial charge in [-0.25, -0.2) is 10.8 Å². The van der Waals surface area contributed by atoms with E-state index < -0.39 is 0 Å². The molecule has 0 aromatic carbocycles. The van der Waals surface area contributed by atoms with E-state index in [4.69, 9.17) is 5.84 Å². The molecule has 0 amide bonds. The van der Waals surface area contributed by atoms with Gasteiger partial charge in [-0.05, 0) is 19.3 Å². The number of aryl methyl sites for hydroxylation is 1. The van der Waals surface area contributed by atoms with Crippen LogP contribution in [0.4, 0.5) is 5.82 Å². The van der Waals surface area contributed by atoms with Gasteiger partial charge in [0.1, 0.15) is 5.82 Å². The Labute approximate surface area is 100 Å². The minimum atomic E-state index is 0.636. The van der Waals surface area contributed by atoms with E-state index in [2.05, 4.69) is 28.5 Å². The fourth-order valence-electron chi connectivity index (χ4n) is 2.11. The third-order valence-electron chi connectivity index (χ3n) is 3.15. The summed E-state index contributed by atoms with van der Waals surface area (Å²) < 4.78 is 1.80. The van der Waals surface area contributed by atoms with E-state index in [0.717, 1.165) is 35.7 Å². The van der Waals surface area contributed by atoms with Crippen LogP contribution in [0.25, 0.3) is 5.65 Å². The van der Waals surface area contributed by atoms with Crippen molar-refractivity contribution in [1.82, 2.24) is 14.6 Å². The van der Waals surface area contributed by atoms with Gasteiger partial charge in [0.05, 0.1) is 5.69 Å². The number of nitrogens with zero attached hydrogens (tertiary/aromatic N) is 3. The first-order valence-corrected chi connectivity index (χ1v) is 6.18. The number of rotatable bonds is 4. The minimum Gasteiger partial charge on any atom is -0.308 e. The van der Waals surface area contributed by atoms with Gasteiger partial charge in [-0.15, -0.1) is 0 Å².